The van der Waals surface area contributed by atoms with Crippen LogP contribution in [0, 0.1) is 6.92 Å². The fourth-order valence-corrected chi connectivity index (χ4v) is 0. The van der Waals surface area contributed by atoms with E-state index < -0.39 is 0 Å². The molecule has 0 unspecified atom stereocenters. The van der Waals surface area contributed by atoms with Crippen molar-refractivity contribution >= 4 is 0 Å². The van der Waals surface area contributed by atoms with E-state index in [1.54, 1.807) is 6.92 Å². The van der Waals surface area contributed by atoms with E-state index in [9.17, 15) is 0 Å². The molecule has 0 aliphatic heterocycles. The van der Waals surface area contributed by atoms with Gasteiger partial charge in [0.1, 0.15) is 0 Å². The van der Waals surface area contributed by atoms with Crippen molar-refractivity contribution in [3.63, 3.8) is 0 Å². The molecule has 0 spiro atoms. The Labute approximate surface area is 50.3 Å². The second-order valence-corrected chi connectivity index (χ2v) is 0. The van der Waals surface area contributed by atoms with Gasteiger partial charge in [-0.05, 0) is 0 Å². The first-order valence-electron chi connectivity index (χ1n) is 1.36. The Morgan fingerprint density at radius 3 is 1.33 bits per heavy atom. The fraction of sp³-hybridized carbons (Fsp3) is 0.667. The van der Waals surface area contributed by atoms with Crippen molar-refractivity contribution in [2.24, 2.45) is 0 Å². The van der Waals surface area contributed by atoms with E-state index in [1.807, 2.05) is 0 Å². The van der Waals surface area contributed by atoms with E-state index in [-0.39, 0.29) is 0 Å². The molecule has 0 bridgehead atoms. The van der Waals surface area contributed by atoms with E-state index in [0.717, 1.165) is 27.5 Å². The molecule has 0 aromatic heterocycles. The van der Waals surface area contributed by atoms with Gasteiger partial charge in [0.2, 0.25) is 0 Å². The number of hydrogen-bond donors (Lipinski definition) is 1. The van der Waals surface area contributed by atoms with Crippen LogP contribution in [0.3, 0.4) is 0 Å². The third-order valence-electron chi connectivity index (χ3n) is 0. The summed E-state index contributed by atoms with van der Waals surface area (Å²) in [7, 11) is 1.00. The van der Waals surface area contributed by atoms with Crippen molar-refractivity contribution in [1.82, 2.24) is 0 Å². The minimum absolute atomic E-state index is 0.750. The summed E-state index contributed by atoms with van der Waals surface area (Å²) in [6.45, 7) is 5.00. The SMILES string of the molecule is CO.[CH2-]C.[O]=[Ti+]. The molecule has 0 saturated heterocycles. The van der Waals surface area contributed by atoms with Gasteiger partial charge in [-0.1, -0.05) is 0 Å². The normalized spacial score (nSPS) is 3.00. The summed E-state index contributed by atoms with van der Waals surface area (Å²) in [5, 5.41) is 7.00. The average molecular weight is 125 g/mol. The molecule has 3 heteroatoms. The van der Waals surface area contributed by atoms with Crippen molar-refractivity contribution in [2.75, 3.05) is 7.11 Å². The molecule has 0 saturated carbocycles. The van der Waals surface area contributed by atoms with Gasteiger partial charge in [0, 0.05) is 7.11 Å². The van der Waals surface area contributed by atoms with E-state index in [4.69, 9.17) is 8.43 Å². The molecule has 2 nitrogen and oxygen atoms in total. The molecule has 0 rings (SSSR count). The Bertz CT molecular complexity index is 8.75. The van der Waals surface area contributed by atoms with Crippen molar-refractivity contribution in [3.8, 4) is 0 Å². The first kappa shape index (κ1) is 16.1. The third kappa shape index (κ3) is 240. The number of aliphatic hydroxyl groups is 1. The van der Waals surface area contributed by atoms with Gasteiger partial charge in [-0.3, -0.25) is 0 Å². The van der Waals surface area contributed by atoms with Crippen LogP contribution in [0.15, 0.2) is 0 Å². The maximum absolute atomic E-state index is 8.25. The molecule has 0 heterocycles. The maximum atomic E-state index is 8.25. The van der Waals surface area contributed by atoms with Crippen LogP contribution in [0.1, 0.15) is 6.92 Å². The summed E-state index contributed by atoms with van der Waals surface area (Å²) in [6, 6.07) is 0. The summed E-state index contributed by atoms with van der Waals surface area (Å²) in [5.41, 5.74) is 0. The van der Waals surface area contributed by atoms with Crippen LogP contribution in [0.25, 0.3) is 0 Å². The first-order valence-corrected chi connectivity index (χ1v) is 2.00. The molecule has 0 aromatic rings. The molecular formula is C3H9O2Ti. The molecule has 6 heavy (non-hydrogen) atoms. The Morgan fingerprint density at radius 1 is 1.33 bits per heavy atom. The average Bonchev–Trinajstić information content (AvgIpc) is 1.81. The van der Waals surface area contributed by atoms with E-state index in [0.29, 0.717) is 0 Å². The number of hydrogen-bond acceptors (Lipinski definition) is 2. The van der Waals surface area contributed by atoms with E-state index >= 15 is 0 Å². The Balaban J connectivity index is -0.0000000225. The van der Waals surface area contributed by atoms with Gasteiger partial charge in [-0.2, -0.15) is 6.92 Å². The van der Waals surface area contributed by atoms with Gasteiger partial charge in [-0.15, -0.1) is 0 Å². The predicted octanol–water partition coefficient (Wildman–Crippen LogP) is 0.328. The molecule has 0 aliphatic carbocycles. The van der Waals surface area contributed by atoms with Crippen molar-refractivity contribution < 1.29 is 28.8 Å². The number of rotatable bonds is 0. The fourth-order valence-electron chi connectivity index (χ4n) is 0. The summed E-state index contributed by atoms with van der Waals surface area (Å²) >= 11 is 0.750. The summed E-state index contributed by atoms with van der Waals surface area (Å²) < 4.78 is 8.25. The standard InChI is InChI=1S/C2H5.CH4O.O.Ti/c2*1-2;;/h1H2,2H3;2H,1H3;;/q-1;;;+1. The van der Waals surface area contributed by atoms with Crippen LogP contribution in [0.4, 0.5) is 0 Å². The molecule has 0 atom stereocenters. The zero-order chi connectivity index (χ0) is 6.00. The topological polar surface area (TPSA) is 37.3 Å². The Hall–Kier alpha value is 0.474. The third-order valence-corrected chi connectivity index (χ3v) is 0. The van der Waals surface area contributed by atoms with E-state index in [2.05, 4.69) is 6.92 Å². The molecule has 0 aliphatic rings. The van der Waals surface area contributed by atoms with Gasteiger partial charge in [0.15, 0.2) is 0 Å². The first-order chi connectivity index (χ1) is 3.00. The van der Waals surface area contributed by atoms with Crippen molar-refractivity contribution in [1.29, 1.82) is 0 Å². The van der Waals surface area contributed by atoms with Crippen LogP contribution in [0.2, 0.25) is 0 Å². The monoisotopic (exact) mass is 125 g/mol. The number of aliphatic hydroxyl groups excluding tert-OH is 1. The molecular weight excluding hydrogens is 116 g/mol. The van der Waals surface area contributed by atoms with Crippen LogP contribution < -0.4 is 0 Å². The van der Waals surface area contributed by atoms with Gasteiger partial charge in [0.05, 0.1) is 0 Å². The van der Waals surface area contributed by atoms with Crippen LogP contribution in [-0.2, 0) is 23.7 Å². The Kier molecular flexibility index (Phi) is 1310. The van der Waals surface area contributed by atoms with Crippen LogP contribution in [0.5, 0.6) is 0 Å². The molecule has 0 radical (unpaired) electrons. The van der Waals surface area contributed by atoms with Gasteiger partial charge in [0.25, 0.3) is 0 Å². The van der Waals surface area contributed by atoms with Gasteiger partial charge in [-0.25, -0.2) is 0 Å². The zero-order valence-corrected chi connectivity index (χ0v) is 5.62. The van der Waals surface area contributed by atoms with Crippen molar-refractivity contribution in [2.45, 2.75) is 6.92 Å². The van der Waals surface area contributed by atoms with Crippen molar-refractivity contribution in [3.05, 3.63) is 6.92 Å². The molecule has 37 valence electrons. The molecule has 0 fully saturated rings. The second-order valence-electron chi connectivity index (χ2n) is 0. The van der Waals surface area contributed by atoms with Gasteiger partial charge < -0.3 is 12.0 Å². The molecule has 0 amide bonds. The summed E-state index contributed by atoms with van der Waals surface area (Å²) in [5.74, 6) is 0. The minimum atomic E-state index is 0.750. The summed E-state index contributed by atoms with van der Waals surface area (Å²) in [6.07, 6.45) is 0. The van der Waals surface area contributed by atoms with Crippen LogP contribution >= 0.6 is 0 Å². The molecule has 0 aromatic carbocycles. The summed E-state index contributed by atoms with van der Waals surface area (Å²) in [4.78, 5) is 0. The quantitative estimate of drug-likeness (QED) is 0.374. The Morgan fingerprint density at radius 2 is 1.33 bits per heavy atom. The predicted molar refractivity (Wildman–Crippen MR) is 19.9 cm³/mol. The van der Waals surface area contributed by atoms with Gasteiger partial charge >= 0.3 is 23.7 Å². The van der Waals surface area contributed by atoms with E-state index in [1.165, 1.54) is 0 Å². The van der Waals surface area contributed by atoms with Crippen LogP contribution in [-0.4, -0.2) is 12.2 Å². The molecule has 1 N–H and O–H groups in total. The second kappa shape index (κ2) is 487. The zero-order valence-electron chi connectivity index (χ0n) is 4.06.